The van der Waals surface area contributed by atoms with Gasteiger partial charge in [0.25, 0.3) is 0 Å². The molecule has 0 aliphatic heterocycles. The lowest BCUT2D eigenvalue weighted by atomic mass is 10.00. The first-order chi connectivity index (χ1) is 14.0. The number of esters is 1. The quantitative estimate of drug-likeness (QED) is 0.480. The van der Waals surface area contributed by atoms with Gasteiger partial charge in [-0.25, -0.2) is 13.8 Å². The fourth-order valence-corrected chi connectivity index (χ4v) is 4.31. The summed E-state index contributed by atoms with van der Waals surface area (Å²) < 4.78 is 39.6. The number of benzene rings is 1. The number of nitrogens with zero attached hydrogens (tertiary/aromatic N) is 1. The molecule has 3 rings (SSSR count). The highest BCUT2D eigenvalue weighted by atomic mass is 32.2. The number of rotatable bonds is 9. The van der Waals surface area contributed by atoms with Crippen LogP contribution < -0.4 is 4.74 Å². The van der Waals surface area contributed by atoms with Crippen LogP contribution in [0.25, 0.3) is 11.1 Å². The van der Waals surface area contributed by atoms with Crippen molar-refractivity contribution in [3.05, 3.63) is 42.1 Å². The summed E-state index contributed by atoms with van der Waals surface area (Å²) in [6.07, 6.45) is 5.10. The molecule has 156 valence electrons. The van der Waals surface area contributed by atoms with E-state index in [1.807, 2.05) is 6.07 Å². The van der Waals surface area contributed by atoms with Crippen molar-refractivity contribution in [1.29, 1.82) is 0 Å². The van der Waals surface area contributed by atoms with E-state index in [-0.39, 0.29) is 12.4 Å². The lowest BCUT2D eigenvalue weighted by molar-refractivity contribution is -0.143. The van der Waals surface area contributed by atoms with Gasteiger partial charge in [-0.05, 0) is 56.9 Å². The van der Waals surface area contributed by atoms with Gasteiger partial charge in [0, 0.05) is 23.4 Å². The van der Waals surface area contributed by atoms with Gasteiger partial charge >= 0.3 is 5.97 Å². The number of carbonyl (C=O) groups excluding carboxylic acids is 1. The molecule has 1 aliphatic rings. The molecule has 0 unspecified atom stereocenters. The zero-order valence-corrected chi connectivity index (χ0v) is 17.4. The number of thioether (sulfide) groups is 1. The van der Waals surface area contributed by atoms with Crippen LogP contribution in [-0.2, 0) is 9.53 Å². The molecule has 1 aliphatic carbocycles. The van der Waals surface area contributed by atoms with E-state index in [1.165, 1.54) is 18.6 Å². The summed E-state index contributed by atoms with van der Waals surface area (Å²) in [6, 6.07) is 6.14. The maximum atomic E-state index is 14.7. The number of pyridine rings is 1. The second-order valence-corrected chi connectivity index (χ2v) is 8.36. The van der Waals surface area contributed by atoms with Crippen LogP contribution >= 0.6 is 11.8 Å². The Morgan fingerprint density at radius 3 is 2.66 bits per heavy atom. The van der Waals surface area contributed by atoms with Crippen LogP contribution in [0, 0.1) is 11.6 Å². The molecule has 29 heavy (non-hydrogen) atoms. The minimum Gasteiger partial charge on any atom is -0.485 e. The number of hydrogen-bond donors (Lipinski definition) is 0. The first-order valence-electron chi connectivity index (χ1n) is 9.91. The zero-order valence-electron chi connectivity index (χ0n) is 16.6. The fraction of sp³-hybridized carbons (Fsp3) is 0.455. The van der Waals surface area contributed by atoms with E-state index in [9.17, 15) is 13.6 Å². The Bertz CT molecular complexity index is 835. The SMILES string of the molecule is CCOC(=O)CC[C@H](C)Oc1c(F)cc(-c2cccnc2SC2CCC2)cc1F. The van der Waals surface area contributed by atoms with Gasteiger partial charge < -0.3 is 9.47 Å². The maximum Gasteiger partial charge on any atom is 0.305 e. The molecule has 0 radical (unpaired) electrons. The Kier molecular flexibility index (Phi) is 7.47. The molecule has 0 spiro atoms. The number of aromatic nitrogens is 1. The van der Waals surface area contributed by atoms with Crippen LogP contribution in [0.1, 0.15) is 46.0 Å². The van der Waals surface area contributed by atoms with Gasteiger partial charge in [-0.3, -0.25) is 4.79 Å². The zero-order chi connectivity index (χ0) is 20.8. The average Bonchev–Trinajstić information content (AvgIpc) is 2.66. The minimum absolute atomic E-state index is 0.133. The smallest absolute Gasteiger partial charge is 0.305 e. The molecule has 1 fully saturated rings. The van der Waals surface area contributed by atoms with Crippen molar-refractivity contribution in [2.75, 3.05) is 6.61 Å². The molecule has 2 aromatic rings. The lowest BCUT2D eigenvalue weighted by Crippen LogP contribution is -2.16. The maximum absolute atomic E-state index is 14.7. The summed E-state index contributed by atoms with van der Waals surface area (Å²) >= 11 is 1.66. The second kappa shape index (κ2) is 10.1. The van der Waals surface area contributed by atoms with Crippen molar-refractivity contribution in [3.63, 3.8) is 0 Å². The highest BCUT2D eigenvalue weighted by Gasteiger charge is 2.22. The lowest BCUT2D eigenvalue weighted by Gasteiger charge is -2.25. The molecule has 4 nitrogen and oxygen atoms in total. The normalized spacial score (nSPS) is 14.9. The third-order valence-corrected chi connectivity index (χ3v) is 6.14. The van der Waals surface area contributed by atoms with Gasteiger partial charge in [-0.1, -0.05) is 12.5 Å². The molecule has 1 heterocycles. The summed E-state index contributed by atoms with van der Waals surface area (Å²) in [7, 11) is 0. The summed E-state index contributed by atoms with van der Waals surface area (Å²) in [6.45, 7) is 3.69. The first kappa shape index (κ1) is 21.6. The Balaban J connectivity index is 1.73. The van der Waals surface area contributed by atoms with Crippen LogP contribution in [-0.4, -0.2) is 28.9 Å². The van der Waals surface area contributed by atoms with E-state index in [0.717, 1.165) is 17.9 Å². The van der Waals surface area contributed by atoms with Crippen molar-refractivity contribution in [2.24, 2.45) is 0 Å². The van der Waals surface area contributed by atoms with Crippen LogP contribution in [0.4, 0.5) is 8.78 Å². The van der Waals surface area contributed by atoms with Crippen molar-refractivity contribution < 1.29 is 23.0 Å². The van der Waals surface area contributed by atoms with Gasteiger partial charge in [0.2, 0.25) is 0 Å². The van der Waals surface area contributed by atoms with E-state index >= 15 is 0 Å². The van der Waals surface area contributed by atoms with Crippen molar-refractivity contribution in [1.82, 2.24) is 4.98 Å². The summed E-state index contributed by atoms with van der Waals surface area (Å²) in [4.78, 5) is 15.8. The van der Waals surface area contributed by atoms with Crippen LogP contribution in [0.15, 0.2) is 35.5 Å². The number of carbonyl (C=O) groups is 1. The van der Waals surface area contributed by atoms with Gasteiger partial charge in [-0.2, -0.15) is 0 Å². The molecule has 7 heteroatoms. The Morgan fingerprint density at radius 2 is 2.03 bits per heavy atom. The predicted octanol–water partition coefficient (Wildman–Crippen LogP) is 5.78. The van der Waals surface area contributed by atoms with Crippen LogP contribution in [0.5, 0.6) is 5.75 Å². The molecule has 1 aromatic carbocycles. The minimum atomic E-state index is -0.772. The largest absolute Gasteiger partial charge is 0.485 e. The van der Waals surface area contributed by atoms with E-state index in [2.05, 4.69) is 4.98 Å². The Morgan fingerprint density at radius 1 is 1.31 bits per heavy atom. The third kappa shape index (κ3) is 5.69. The second-order valence-electron chi connectivity index (χ2n) is 7.07. The Hall–Kier alpha value is -2.15. The number of halogens is 2. The van der Waals surface area contributed by atoms with E-state index in [4.69, 9.17) is 9.47 Å². The van der Waals surface area contributed by atoms with Crippen LogP contribution in [0.2, 0.25) is 0 Å². The molecular weight excluding hydrogens is 396 g/mol. The van der Waals surface area contributed by atoms with Gasteiger partial charge in [0.05, 0.1) is 12.7 Å². The van der Waals surface area contributed by atoms with E-state index < -0.39 is 23.5 Å². The molecule has 0 bridgehead atoms. The monoisotopic (exact) mass is 421 g/mol. The molecule has 1 atom stereocenters. The van der Waals surface area contributed by atoms with Crippen molar-refractivity contribution in [3.8, 4) is 16.9 Å². The first-order valence-corrected chi connectivity index (χ1v) is 10.8. The third-order valence-electron chi connectivity index (χ3n) is 4.79. The number of hydrogen-bond acceptors (Lipinski definition) is 5. The summed E-state index contributed by atoms with van der Waals surface area (Å²) in [5.74, 6) is -2.33. The molecular formula is C22H25F2NO3S. The van der Waals surface area contributed by atoms with Gasteiger partial charge in [0.1, 0.15) is 5.03 Å². The molecule has 1 saturated carbocycles. The fourth-order valence-electron chi connectivity index (χ4n) is 2.99. The van der Waals surface area contributed by atoms with Crippen molar-refractivity contribution >= 4 is 17.7 Å². The highest BCUT2D eigenvalue weighted by Crippen LogP contribution is 2.40. The molecule has 1 aromatic heterocycles. The number of ether oxygens (including phenoxy) is 2. The average molecular weight is 422 g/mol. The van der Waals surface area contributed by atoms with E-state index in [1.54, 1.807) is 37.9 Å². The van der Waals surface area contributed by atoms with Crippen molar-refractivity contribution in [2.45, 2.75) is 62.3 Å². The van der Waals surface area contributed by atoms with Gasteiger partial charge in [-0.15, -0.1) is 11.8 Å². The summed E-state index contributed by atoms with van der Waals surface area (Å²) in [5.41, 5.74) is 1.14. The van der Waals surface area contributed by atoms with Crippen LogP contribution in [0.3, 0.4) is 0 Å². The molecule has 0 saturated heterocycles. The van der Waals surface area contributed by atoms with E-state index in [0.29, 0.717) is 29.4 Å². The molecule has 0 amide bonds. The predicted molar refractivity (Wildman–Crippen MR) is 109 cm³/mol. The standard InChI is InChI=1S/C22H25F2NO3S/c1-3-27-20(26)10-9-14(2)28-21-18(23)12-15(13-19(21)24)17-8-5-11-25-22(17)29-16-6-4-7-16/h5,8,11-14,16H,3-4,6-7,9-10H2,1-2H3/t14-/m0/s1. The summed E-state index contributed by atoms with van der Waals surface area (Å²) in [5, 5.41) is 1.30. The Labute approximate surface area is 174 Å². The molecule has 0 N–H and O–H groups in total. The highest BCUT2D eigenvalue weighted by molar-refractivity contribution is 8.00. The topological polar surface area (TPSA) is 48.4 Å². The van der Waals surface area contributed by atoms with Gasteiger partial charge in [0.15, 0.2) is 17.4 Å².